The van der Waals surface area contributed by atoms with Crippen molar-refractivity contribution in [1.29, 1.82) is 0 Å². The highest BCUT2D eigenvalue weighted by atomic mass is 35.5. The molecule has 1 saturated carbocycles. The van der Waals surface area contributed by atoms with Crippen molar-refractivity contribution in [2.75, 3.05) is 13.1 Å². The van der Waals surface area contributed by atoms with E-state index in [1.807, 2.05) is 0 Å². The Morgan fingerprint density at radius 2 is 1.82 bits per heavy atom. The molecule has 9 heteroatoms. The number of sulfonamides is 1. The molecule has 3 rings (SSSR count). The fourth-order valence-electron chi connectivity index (χ4n) is 3.57. The van der Waals surface area contributed by atoms with Gasteiger partial charge < -0.3 is 10.1 Å². The van der Waals surface area contributed by atoms with Gasteiger partial charge in [0.05, 0.1) is 10.6 Å². The number of benzene rings is 1. The highest BCUT2D eigenvalue weighted by Gasteiger charge is 2.30. The number of rotatable bonds is 6. The predicted molar refractivity (Wildman–Crippen MR) is 105 cm³/mol. The topological polar surface area (TPSA) is 92.8 Å². The Kier molecular flexibility index (Phi) is 6.62. The molecule has 154 valence electrons. The SMILES string of the molecule is C[C@@H](OC(=O)c1ccc(Cl)c(S(=O)(=O)N2CCCC2)c1)C(=O)NC1CCCC1. The second-order valence-corrected chi connectivity index (χ2v) is 9.61. The molecule has 0 unspecified atom stereocenters. The molecule has 1 amide bonds. The summed E-state index contributed by atoms with van der Waals surface area (Å²) in [5.41, 5.74) is 0.0442. The van der Waals surface area contributed by atoms with Crippen LogP contribution in [0.1, 0.15) is 55.8 Å². The number of esters is 1. The van der Waals surface area contributed by atoms with E-state index in [0.29, 0.717) is 13.1 Å². The maximum Gasteiger partial charge on any atom is 0.338 e. The number of nitrogens with zero attached hydrogens (tertiary/aromatic N) is 1. The summed E-state index contributed by atoms with van der Waals surface area (Å²) >= 11 is 6.09. The highest BCUT2D eigenvalue weighted by Crippen LogP contribution is 2.28. The summed E-state index contributed by atoms with van der Waals surface area (Å²) in [6.45, 7) is 2.37. The van der Waals surface area contributed by atoms with Crippen LogP contribution in [0.25, 0.3) is 0 Å². The van der Waals surface area contributed by atoms with Crippen molar-refractivity contribution in [3.05, 3.63) is 28.8 Å². The van der Waals surface area contributed by atoms with Crippen molar-refractivity contribution >= 4 is 33.5 Å². The molecule has 2 fully saturated rings. The largest absolute Gasteiger partial charge is 0.449 e. The molecule has 2 aliphatic rings. The first kappa shape index (κ1) is 21.1. The summed E-state index contributed by atoms with van der Waals surface area (Å²) in [5.74, 6) is -1.11. The van der Waals surface area contributed by atoms with Crippen LogP contribution in [-0.4, -0.2) is 49.8 Å². The minimum atomic E-state index is -3.77. The van der Waals surface area contributed by atoms with Crippen LogP contribution in [0, 0.1) is 0 Å². The van der Waals surface area contributed by atoms with E-state index in [1.54, 1.807) is 0 Å². The number of carbonyl (C=O) groups excluding carboxylic acids is 2. The van der Waals surface area contributed by atoms with Crippen LogP contribution < -0.4 is 5.32 Å². The van der Waals surface area contributed by atoms with Gasteiger partial charge in [0.25, 0.3) is 5.91 Å². The maximum atomic E-state index is 12.8. The second kappa shape index (κ2) is 8.80. The lowest BCUT2D eigenvalue weighted by molar-refractivity contribution is -0.129. The Morgan fingerprint density at radius 3 is 2.46 bits per heavy atom. The molecule has 1 aliphatic carbocycles. The van der Waals surface area contributed by atoms with E-state index in [4.69, 9.17) is 16.3 Å². The number of ether oxygens (including phenoxy) is 1. The molecule has 1 heterocycles. The smallest absolute Gasteiger partial charge is 0.338 e. The van der Waals surface area contributed by atoms with Crippen LogP contribution in [0.15, 0.2) is 23.1 Å². The average molecular weight is 429 g/mol. The molecule has 28 heavy (non-hydrogen) atoms. The lowest BCUT2D eigenvalue weighted by Crippen LogP contribution is -2.40. The number of halogens is 1. The molecule has 1 N–H and O–H groups in total. The second-order valence-electron chi connectivity index (χ2n) is 7.29. The van der Waals surface area contributed by atoms with Crippen molar-refractivity contribution in [1.82, 2.24) is 9.62 Å². The van der Waals surface area contributed by atoms with Gasteiger partial charge in [-0.2, -0.15) is 4.31 Å². The van der Waals surface area contributed by atoms with Gasteiger partial charge >= 0.3 is 5.97 Å². The molecule has 1 aliphatic heterocycles. The summed E-state index contributed by atoms with van der Waals surface area (Å²) in [7, 11) is -3.77. The highest BCUT2D eigenvalue weighted by molar-refractivity contribution is 7.89. The Balaban J connectivity index is 1.70. The first-order valence-electron chi connectivity index (χ1n) is 9.60. The number of hydrogen-bond donors (Lipinski definition) is 1. The molecule has 1 aromatic carbocycles. The quantitative estimate of drug-likeness (QED) is 0.703. The van der Waals surface area contributed by atoms with Crippen molar-refractivity contribution < 1.29 is 22.7 Å². The van der Waals surface area contributed by atoms with E-state index in [1.165, 1.54) is 29.4 Å². The fraction of sp³-hybridized carbons (Fsp3) is 0.579. The van der Waals surface area contributed by atoms with E-state index in [2.05, 4.69) is 5.32 Å². The fourth-order valence-corrected chi connectivity index (χ4v) is 5.58. The van der Waals surface area contributed by atoms with E-state index >= 15 is 0 Å². The average Bonchev–Trinajstić information content (AvgIpc) is 3.36. The monoisotopic (exact) mass is 428 g/mol. The van der Waals surface area contributed by atoms with E-state index in [9.17, 15) is 18.0 Å². The van der Waals surface area contributed by atoms with Crippen LogP contribution >= 0.6 is 11.6 Å². The van der Waals surface area contributed by atoms with Gasteiger partial charge in [-0.1, -0.05) is 24.4 Å². The van der Waals surface area contributed by atoms with Gasteiger partial charge in [0.15, 0.2) is 6.10 Å². The van der Waals surface area contributed by atoms with Gasteiger partial charge in [-0.15, -0.1) is 0 Å². The van der Waals surface area contributed by atoms with Crippen molar-refractivity contribution in [2.24, 2.45) is 0 Å². The van der Waals surface area contributed by atoms with E-state index in [-0.39, 0.29) is 27.4 Å². The number of carbonyl (C=O) groups is 2. The Bertz CT molecular complexity index is 846. The molecule has 0 radical (unpaired) electrons. The lowest BCUT2D eigenvalue weighted by Gasteiger charge is -2.18. The van der Waals surface area contributed by atoms with Gasteiger partial charge in [-0.25, -0.2) is 13.2 Å². The van der Waals surface area contributed by atoms with Crippen LogP contribution in [0.3, 0.4) is 0 Å². The zero-order valence-corrected chi connectivity index (χ0v) is 17.4. The molecule has 1 aromatic rings. The molecular weight excluding hydrogens is 404 g/mol. The lowest BCUT2D eigenvalue weighted by atomic mass is 10.2. The van der Waals surface area contributed by atoms with Gasteiger partial charge in [0.1, 0.15) is 4.90 Å². The van der Waals surface area contributed by atoms with Crippen molar-refractivity contribution in [2.45, 2.75) is 62.5 Å². The number of hydrogen-bond acceptors (Lipinski definition) is 5. The molecule has 1 saturated heterocycles. The van der Waals surface area contributed by atoms with Gasteiger partial charge in [0, 0.05) is 19.1 Å². The van der Waals surface area contributed by atoms with Crippen LogP contribution in [0.2, 0.25) is 5.02 Å². The minimum Gasteiger partial charge on any atom is -0.449 e. The van der Waals surface area contributed by atoms with Gasteiger partial charge in [-0.05, 0) is 50.8 Å². The van der Waals surface area contributed by atoms with Crippen molar-refractivity contribution in [3.8, 4) is 0 Å². The van der Waals surface area contributed by atoms with Crippen molar-refractivity contribution in [3.63, 3.8) is 0 Å². The Morgan fingerprint density at radius 1 is 1.18 bits per heavy atom. The summed E-state index contributed by atoms with van der Waals surface area (Å²) < 4.78 is 32.2. The zero-order valence-electron chi connectivity index (χ0n) is 15.8. The normalized spacial score (nSPS) is 19.5. The van der Waals surface area contributed by atoms with Crippen LogP contribution in [0.4, 0.5) is 0 Å². The van der Waals surface area contributed by atoms with Crippen LogP contribution in [-0.2, 0) is 19.6 Å². The molecule has 0 aromatic heterocycles. The predicted octanol–water partition coefficient (Wildman–Crippen LogP) is 2.73. The number of nitrogens with one attached hydrogen (secondary N) is 1. The summed E-state index contributed by atoms with van der Waals surface area (Å²) in [6, 6.07) is 4.11. The zero-order chi connectivity index (χ0) is 20.3. The molecular formula is C19H25ClN2O5S. The molecule has 0 spiro atoms. The third-order valence-electron chi connectivity index (χ3n) is 5.20. The first-order chi connectivity index (χ1) is 13.3. The maximum absolute atomic E-state index is 12.8. The van der Waals surface area contributed by atoms with Gasteiger partial charge in [-0.3, -0.25) is 4.79 Å². The standard InChI is InChI=1S/C19H25ClN2O5S/c1-13(18(23)21-15-6-2-3-7-15)27-19(24)14-8-9-16(20)17(12-14)28(25,26)22-10-4-5-11-22/h8-9,12-13,15H,2-7,10-11H2,1H3,(H,21,23)/t13-/m1/s1. The van der Waals surface area contributed by atoms with Gasteiger partial charge in [0.2, 0.25) is 10.0 Å². The first-order valence-corrected chi connectivity index (χ1v) is 11.4. The third-order valence-corrected chi connectivity index (χ3v) is 7.58. The summed E-state index contributed by atoms with van der Waals surface area (Å²) in [5, 5.41) is 2.93. The van der Waals surface area contributed by atoms with E-state index < -0.39 is 22.1 Å². The Hall–Kier alpha value is -1.64. The van der Waals surface area contributed by atoms with Crippen LogP contribution in [0.5, 0.6) is 0 Å². The minimum absolute atomic E-state index is 0.0442. The summed E-state index contributed by atoms with van der Waals surface area (Å²) in [4.78, 5) is 24.5. The van der Waals surface area contributed by atoms with E-state index in [0.717, 1.165) is 38.5 Å². The molecule has 1 atom stereocenters. The summed E-state index contributed by atoms with van der Waals surface area (Å²) in [6.07, 6.45) is 4.65. The number of amides is 1. The Labute approximate surface area is 170 Å². The molecule has 0 bridgehead atoms. The third kappa shape index (κ3) is 4.67. The molecule has 7 nitrogen and oxygen atoms in total.